The number of carbonyl (C=O) groups is 2. The maximum atomic E-state index is 10.3. The average molecular weight is 290 g/mol. The largest absolute Gasteiger partial charge is 0.481 e. The number of carboxylic acid groups (broad SMARTS) is 2. The molecule has 0 saturated heterocycles. The fourth-order valence-corrected chi connectivity index (χ4v) is 0.820. The zero-order chi connectivity index (χ0) is 16.3. The highest BCUT2D eigenvalue weighted by molar-refractivity contribution is 5.74. The molecule has 118 valence electrons. The number of aliphatic carboxylic acids is 2. The van der Waals surface area contributed by atoms with Gasteiger partial charge in [0, 0.05) is 6.54 Å². The topological polar surface area (TPSA) is 163 Å². The molecule has 0 bridgehead atoms. The van der Waals surface area contributed by atoms with Crippen molar-refractivity contribution in [3.8, 4) is 0 Å². The molecule has 0 saturated carbocycles. The van der Waals surface area contributed by atoms with Crippen molar-refractivity contribution in [3.63, 3.8) is 0 Å². The van der Waals surface area contributed by atoms with Crippen molar-refractivity contribution < 1.29 is 19.8 Å². The van der Waals surface area contributed by atoms with Crippen LogP contribution in [0.25, 0.3) is 0 Å². The van der Waals surface area contributed by atoms with Gasteiger partial charge in [-0.25, -0.2) is 0 Å². The van der Waals surface area contributed by atoms with Crippen molar-refractivity contribution >= 4 is 17.9 Å². The Balaban J connectivity index is 0. The highest BCUT2D eigenvalue weighted by atomic mass is 16.4. The van der Waals surface area contributed by atoms with Gasteiger partial charge < -0.3 is 27.0 Å². The Morgan fingerprint density at radius 1 is 1.35 bits per heavy atom. The predicted octanol–water partition coefficient (Wildman–Crippen LogP) is 0.169. The first-order valence-corrected chi connectivity index (χ1v) is 6.34. The summed E-state index contributed by atoms with van der Waals surface area (Å²) in [5, 5.41) is 26.2. The van der Waals surface area contributed by atoms with Gasteiger partial charge in [0.25, 0.3) is 0 Å². The monoisotopic (exact) mass is 290 g/mol. The first-order valence-electron chi connectivity index (χ1n) is 6.34. The van der Waals surface area contributed by atoms with E-state index in [1.165, 1.54) is 0 Å². The van der Waals surface area contributed by atoms with E-state index in [4.69, 9.17) is 27.1 Å². The highest BCUT2D eigenvalue weighted by Gasteiger charge is 2.23. The van der Waals surface area contributed by atoms with Gasteiger partial charge in [-0.2, -0.15) is 0 Å². The molecule has 8 N–H and O–H groups in total. The summed E-state index contributed by atoms with van der Waals surface area (Å²) in [6.45, 7) is 5.79. The van der Waals surface area contributed by atoms with Gasteiger partial charge >= 0.3 is 11.9 Å². The lowest BCUT2D eigenvalue weighted by Crippen LogP contribution is -2.34. The zero-order valence-electron chi connectivity index (χ0n) is 12.3. The van der Waals surface area contributed by atoms with Gasteiger partial charge in [-0.05, 0) is 33.1 Å². The second-order valence-corrected chi connectivity index (χ2v) is 4.97. The van der Waals surface area contributed by atoms with Crippen molar-refractivity contribution in [3.05, 3.63) is 0 Å². The van der Waals surface area contributed by atoms with E-state index >= 15 is 0 Å². The third kappa shape index (κ3) is 11.3. The molecule has 1 unspecified atom stereocenters. The van der Waals surface area contributed by atoms with Gasteiger partial charge in [0.05, 0.1) is 5.41 Å². The first-order chi connectivity index (χ1) is 9.04. The molecule has 1 atom stereocenters. The number of nitrogens with two attached hydrogens (primary N) is 2. The summed E-state index contributed by atoms with van der Waals surface area (Å²) >= 11 is 0. The van der Waals surface area contributed by atoms with Crippen molar-refractivity contribution in [2.75, 3.05) is 6.54 Å². The van der Waals surface area contributed by atoms with Crippen LogP contribution >= 0.6 is 0 Å². The second kappa shape index (κ2) is 10.0. The summed E-state index contributed by atoms with van der Waals surface area (Å²) in [4.78, 5) is 20.5. The van der Waals surface area contributed by atoms with Crippen molar-refractivity contribution in [2.45, 2.75) is 46.1 Å². The van der Waals surface area contributed by atoms with Gasteiger partial charge in [-0.1, -0.05) is 6.92 Å². The normalized spacial score (nSPS) is 11.8. The van der Waals surface area contributed by atoms with Crippen LogP contribution in [0.1, 0.15) is 40.0 Å². The van der Waals surface area contributed by atoms with Crippen molar-refractivity contribution in [2.24, 2.45) is 16.9 Å². The van der Waals surface area contributed by atoms with E-state index in [0.717, 1.165) is 0 Å². The molecule has 0 aliphatic heterocycles. The molecule has 0 aromatic carbocycles. The lowest BCUT2D eigenvalue weighted by molar-refractivity contribution is -0.147. The van der Waals surface area contributed by atoms with Gasteiger partial charge in [0.15, 0.2) is 5.96 Å². The summed E-state index contributed by atoms with van der Waals surface area (Å²) in [6, 6.07) is -0.821. The van der Waals surface area contributed by atoms with E-state index in [0.29, 0.717) is 25.8 Å². The standard InChI is InChI=1S/C6H14N4O2.C6H12O2/c7-4(5(11)12)2-1-3-10-6(8)9;1-4-6(2,3)5(7)8/h4H,1-3,7H2,(H,11,12)(H4,8,9,10);4H2,1-3H3,(H,7,8). The predicted molar refractivity (Wildman–Crippen MR) is 76.5 cm³/mol. The molecule has 0 heterocycles. The molecule has 0 spiro atoms. The summed E-state index contributed by atoms with van der Waals surface area (Å²) in [5.41, 5.74) is 9.67. The minimum absolute atomic E-state index is 0.112. The minimum atomic E-state index is -1.00. The number of hydrogen-bond acceptors (Lipinski definition) is 4. The van der Waals surface area contributed by atoms with Crippen LogP contribution in [0.3, 0.4) is 0 Å². The molecule has 0 aliphatic rings. The molecule has 20 heavy (non-hydrogen) atoms. The van der Waals surface area contributed by atoms with E-state index in [9.17, 15) is 9.59 Å². The van der Waals surface area contributed by atoms with Crippen LogP contribution in [0.4, 0.5) is 0 Å². The smallest absolute Gasteiger partial charge is 0.320 e. The molecule has 0 radical (unpaired) electrons. The van der Waals surface area contributed by atoms with E-state index in [2.05, 4.69) is 5.32 Å². The van der Waals surface area contributed by atoms with Gasteiger partial charge in [0.2, 0.25) is 0 Å². The summed E-state index contributed by atoms with van der Waals surface area (Å²) in [6.07, 6.45) is 1.66. The Kier molecular flexibility index (Phi) is 10.3. The maximum absolute atomic E-state index is 10.3. The van der Waals surface area contributed by atoms with Crippen LogP contribution in [0.2, 0.25) is 0 Å². The lowest BCUT2D eigenvalue weighted by Gasteiger charge is -2.14. The molecule has 0 amide bonds. The Hall–Kier alpha value is -1.83. The van der Waals surface area contributed by atoms with Gasteiger partial charge in [0.1, 0.15) is 6.04 Å². The molecule has 0 fully saturated rings. The zero-order valence-corrected chi connectivity index (χ0v) is 12.3. The fourth-order valence-electron chi connectivity index (χ4n) is 0.820. The Morgan fingerprint density at radius 2 is 1.85 bits per heavy atom. The van der Waals surface area contributed by atoms with Crippen LogP contribution in [0.5, 0.6) is 0 Å². The van der Waals surface area contributed by atoms with E-state index in [-0.39, 0.29) is 5.96 Å². The van der Waals surface area contributed by atoms with Crippen LogP contribution in [0.15, 0.2) is 0 Å². The third-order valence-corrected chi connectivity index (χ3v) is 2.79. The van der Waals surface area contributed by atoms with Crippen molar-refractivity contribution in [1.29, 1.82) is 5.41 Å². The SMILES string of the molecule is CCC(C)(C)C(=O)O.N=C(N)NCCCC(N)C(=O)O. The van der Waals surface area contributed by atoms with Gasteiger partial charge in [-0.15, -0.1) is 0 Å². The minimum Gasteiger partial charge on any atom is -0.481 e. The summed E-state index contributed by atoms with van der Waals surface area (Å²) in [7, 11) is 0. The Morgan fingerprint density at radius 3 is 2.10 bits per heavy atom. The first kappa shape index (κ1) is 20.5. The second-order valence-electron chi connectivity index (χ2n) is 4.97. The van der Waals surface area contributed by atoms with Crippen LogP contribution < -0.4 is 16.8 Å². The summed E-state index contributed by atoms with van der Waals surface area (Å²) < 4.78 is 0. The Labute approximate surface area is 119 Å². The highest BCUT2D eigenvalue weighted by Crippen LogP contribution is 2.18. The Bertz CT molecular complexity index is 331. The number of rotatable bonds is 7. The van der Waals surface area contributed by atoms with Crippen LogP contribution in [-0.2, 0) is 9.59 Å². The molecule has 8 nitrogen and oxygen atoms in total. The van der Waals surface area contributed by atoms with E-state index in [1.807, 2.05) is 6.92 Å². The molecule has 0 aromatic heterocycles. The molecule has 0 aliphatic carbocycles. The number of guanidine groups is 1. The number of nitrogens with one attached hydrogen (secondary N) is 2. The number of hydrogen-bond donors (Lipinski definition) is 6. The van der Waals surface area contributed by atoms with Crippen LogP contribution in [-0.4, -0.2) is 40.7 Å². The van der Waals surface area contributed by atoms with Crippen LogP contribution in [0, 0.1) is 10.8 Å². The average Bonchev–Trinajstić information content (AvgIpc) is 2.34. The summed E-state index contributed by atoms with van der Waals surface area (Å²) in [5.74, 6) is -1.84. The van der Waals surface area contributed by atoms with E-state index in [1.54, 1.807) is 13.8 Å². The fraction of sp³-hybridized carbons (Fsp3) is 0.750. The molecule has 0 aromatic rings. The third-order valence-electron chi connectivity index (χ3n) is 2.79. The molecular formula is C12H26N4O4. The molecular weight excluding hydrogens is 264 g/mol. The molecule has 0 rings (SSSR count). The van der Waals surface area contributed by atoms with Gasteiger partial charge in [-0.3, -0.25) is 15.0 Å². The van der Waals surface area contributed by atoms with E-state index < -0.39 is 23.4 Å². The maximum Gasteiger partial charge on any atom is 0.320 e. The quantitative estimate of drug-likeness (QED) is 0.221. The lowest BCUT2D eigenvalue weighted by atomic mass is 9.91. The number of carboxylic acids is 2. The molecule has 8 heteroatoms. The van der Waals surface area contributed by atoms with Crippen molar-refractivity contribution in [1.82, 2.24) is 5.32 Å².